The maximum absolute atomic E-state index is 14.1. The zero-order valence-corrected chi connectivity index (χ0v) is 78.1. The second-order valence-corrected chi connectivity index (χ2v) is 43.4. The lowest BCUT2D eigenvalue weighted by Gasteiger charge is -2.39. The predicted octanol–water partition coefficient (Wildman–Crippen LogP) is 17.9. The Hall–Kier alpha value is -9.90. The fourth-order valence-corrected chi connectivity index (χ4v) is 24.0. The Morgan fingerprint density at radius 1 is 0.512 bits per heavy atom. The first kappa shape index (κ1) is 91.0. The molecule has 0 bridgehead atoms. The van der Waals surface area contributed by atoms with Crippen LogP contribution in [0.4, 0.5) is 22.7 Å². The van der Waals surface area contributed by atoms with Crippen LogP contribution in [-0.2, 0) is 32.9 Å². The van der Waals surface area contributed by atoms with Crippen LogP contribution in [0.3, 0.4) is 0 Å². The molecule has 27 nitrogen and oxygen atoms in total. The number of rotatable bonds is 24. The number of likely N-dealkylation sites (tertiary alicyclic amines) is 1. The van der Waals surface area contributed by atoms with Gasteiger partial charge in [-0.25, -0.2) is 36.2 Å². The number of hydrogen-bond donors (Lipinski definition) is 4. The summed E-state index contributed by atoms with van der Waals surface area (Å²) in [5.41, 5.74) is 12.3. The van der Waals surface area contributed by atoms with Crippen LogP contribution in [0.25, 0.3) is 33.2 Å². The van der Waals surface area contributed by atoms with Gasteiger partial charge in [0, 0.05) is 206 Å². The third-order valence-electron chi connectivity index (χ3n) is 26.5. The molecule has 2 amide bonds. The standard InChI is InChI=1S/C48H55ClN8O6S2.C48H54ClN7O6S2/c1-48(2)12-10-35(42(27-48)33-4-6-36(49)7-5-33)30-55-18-20-56(21-19-55)37-8-9-40(44(24-37)63-38-23-34-11-13-50-46(34)51-28-38)47(58)52-65(61,62)39-25-43(57(59)60)41-22-32(31-64-45(41)26-39)29-54-16-14-53(3)15-17-54;1-48(2)14-12-35(42(27-48)33-6-8-36(49)9-7-33)30-54-18-20-55(21-19-54)37-10-11-40(44(24-37)62-38-23-34-13-15-50-46(34)51-28-38)47(57)52-64(60,61)39-25-43(56(58)59)41-22-32(31-63-45(41)26-39)29-53-16-4-3-5-17-53/h4-9,11,13,23-26,28,32H,10,12,14-22,27,29-31H2,1-3H3,(H,50,51)(H,52,58);6-11,13,15,23-26,28,32H,3-5,12,14,16-22,27,29-31H2,1-2H3,(H,50,51)(H,52,57)/t2*32-/m00/s1. The van der Waals surface area contributed by atoms with Crippen molar-refractivity contribution in [1.29, 1.82) is 0 Å². The van der Waals surface area contributed by atoms with Crippen molar-refractivity contribution in [2.45, 2.75) is 118 Å². The van der Waals surface area contributed by atoms with Gasteiger partial charge in [-0.05, 0) is 214 Å². The molecular weight excluding hydrogens is 1750 g/mol. The van der Waals surface area contributed by atoms with Crippen molar-refractivity contribution < 1.29 is 45.7 Å². The van der Waals surface area contributed by atoms with Gasteiger partial charge in [0.2, 0.25) is 0 Å². The lowest BCUT2D eigenvalue weighted by atomic mass is 9.72. The highest BCUT2D eigenvalue weighted by Crippen LogP contribution is 2.48. The van der Waals surface area contributed by atoms with E-state index in [1.807, 2.05) is 42.5 Å². The van der Waals surface area contributed by atoms with Crippen LogP contribution in [0.2, 0.25) is 10.0 Å². The summed E-state index contributed by atoms with van der Waals surface area (Å²) in [4.78, 5) is 84.1. The summed E-state index contributed by atoms with van der Waals surface area (Å²) >= 11 is 15.4. The smallest absolute Gasteiger partial charge is 0.275 e. The quantitative estimate of drug-likeness (QED) is 0.0323. The fraction of sp³-hybridized carbons (Fsp3) is 0.417. The number of nitrogens with one attached hydrogen (secondary N) is 4. The number of hydrogen-bond acceptors (Lipinski definition) is 23. The normalized spacial score (nSPS) is 19.8. The molecule has 18 rings (SSSR count). The van der Waals surface area contributed by atoms with Gasteiger partial charge >= 0.3 is 0 Å². The molecule has 0 spiro atoms. The first-order valence-electron chi connectivity index (χ1n) is 44.5. The summed E-state index contributed by atoms with van der Waals surface area (Å²) in [5, 5.41) is 27.9. The number of thioether (sulfide) groups is 2. The Morgan fingerprint density at radius 2 is 0.915 bits per heavy atom. The van der Waals surface area contributed by atoms with Crippen LogP contribution in [0.5, 0.6) is 23.0 Å². The van der Waals surface area contributed by atoms with Gasteiger partial charge in [0.1, 0.15) is 34.3 Å². The average Bonchev–Trinajstić information content (AvgIpc) is 1.42. The Kier molecular flexibility index (Phi) is 27.4. The Bertz CT molecular complexity index is 6200. The molecule has 2 atom stereocenters. The number of nitrogens with zero attached hydrogens (tertiary/aromatic N) is 11. The van der Waals surface area contributed by atoms with E-state index in [-0.39, 0.29) is 66.5 Å². The summed E-state index contributed by atoms with van der Waals surface area (Å²) in [5.74, 6) is 1.03. The van der Waals surface area contributed by atoms with Crippen LogP contribution in [0, 0.1) is 42.9 Å². The molecule has 2 aliphatic carbocycles. The lowest BCUT2D eigenvalue weighted by molar-refractivity contribution is -0.386. The van der Waals surface area contributed by atoms with Gasteiger partial charge in [-0.15, -0.1) is 23.5 Å². The highest BCUT2D eigenvalue weighted by atomic mass is 35.5. The third kappa shape index (κ3) is 21.8. The molecule has 6 aromatic carbocycles. The number of ether oxygens (including phenoxy) is 2. The summed E-state index contributed by atoms with van der Waals surface area (Å²) in [6.45, 7) is 25.0. The maximum atomic E-state index is 14.1. The van der Waals surface area contributed by atoms with Crippen molar-refractivity contribution in [2.24, 2.45) is 22.7 Å². The van der Waals surface area contributed by atoms with Gasteiger partial charge in [0.05, 0.1) is 43.2 Å². The number of piperazine rings is 3. The number of likely N-dealkylation sites (N-methyl/N-ethyl adjacent to an activating group) is 1. The van der Waals surface area contributed by atoms with Gasteiger partial charge in [-0.2, -0.15) is 0 Å². The van der Waals surface area contributed by atoms with Crippen LogP contribution in [-0.4, -0.2) is 219 Å². The van der Waals surface area contributed by atoms with Crippen molar-refractivity contribution in [2.75, 3.05) is 146 Å². The van der Waals surface area contributed by atoms with E-state index in [0.717, 1.165) is 219 Å². The average molecular weight is 1860 g/mol. The minimum absolute atomic E-state index is 0.00981. The number of H-pyrrole nitrogens is 2. The largest absolute Gasteiger partial charge is 0.455 e. The monoisotopic (exact) mass is 1860 g/mol. The van der Waals surface area contributed by atoms with Crippen molar-refractivity contribution in [1.82, 2.24) is 53.9 Å². The fourth-order valence-electron chi connectivity index (χ4n) is 19.2. The molecular formula is C96H109Cl2N15O12S4. The number of benzene rings is 6. The third-order valence-corrected chi connectivity index (χ3v) is 32.2. The first-order valence-corrected chi connectivity index (χ1v) is 50.2. The molecule has 10 heterocycles. The first-order chi connectivity index (χ1) is 61.9. The number of carbonyl (C=O) groups excluding carboxylic acids is 2. The van der Waals surface area contributed by atoms with E-state index < -0.39 is 41.7 Å². The second kappa shape index (κ2) is 38.9. The number of aromatic nitrogens is 4. The molecule has 33 heteroatoms. The number of piperidine rings is 1. The van der Waals surface area contributed by atoms with Gasteiger partial charge in [-0.1, -0.05) is 92.7 Å². The number of carbonyl (C=O) groups is 2. The number of fused-ring (bicyclic) bond motifs is 4. The molecule has 4 N–H and O–H groups in total. The number of pyridine rings is 2. The highest BCUT2D eigenvalue weighted by Gasteiger charge is 2.38. The molecule has 4 saturated heterocycles. The molecule has 0 radical (unpaired) electrons. The Labute approximate surface area is 771 Å². The van der Waals surface area contributed by atoms with Gasteiger partial charge in [0.25, 0.3) is 43.2 Å². The molecule has 8 aliphatic rings. The number of halogens is 2. The molecule has 0 unspecified atom stereocenters. The molecule has 678 valence electrons. The van der Waals surface area contributed by atoms with Crippen molar-refractivity contribution in [3.63, 3.8) is 0 Å². The summed E-state index contributed by atoms with van der Waals surface area (Å²) in [7, 11) is -7.00. The summed E-state index contributed by atoms with van der Waals surface area (Å²) in [6.07, 6.45) is 17.6. The molecule has 129 heavy (non-hydrogen) atoms. The number of amides is 2. The van der Waals surface area contributed by atoms with Gasteiger partial charge in [-0.3, -0.25) is 39.6 Å². The van der Waals surface area contributed by atoms with E-state index >= 15 is 0 Å². The van der Waals surface area contributed by atoms with Crippen LogP contribution >= 0.6 is 46.7 Å². The number of anilines is 2. The van der Waals surface area contributed by atoms with E-state index in [2.05, 4.69) is 123 Å². The van der Waals surface area contributed by atoms with E-state index in [9.17, 15) is 46.7 Å². The minimum Gasteiger partial charge on any atom is -0.455 e. The molecule has 6 aliphatic heterocycles. The van der Waals surface area contributed by atoms with E-state index in [4.69, 9.17) is 32.7 Å². The van der Waals surface area contributed by atoms with Crippen molar-refractivity contribution in [3.05, 3.63) is 233 Å². The second-order valence-electron chi connectivity index (χ2n) is 37.1. The van der Waals surface area contributed by atoms with Crippen LogP contribution < -0.4 is 28.7 Å². The molecule has 10 aromatic rings. The van der Waals surface area contributed by atoms with Crippen LogP contribution in [0.15, 0.2) is 189 Å². The predicted molar refractivity (Wildman–Crippen MR) is 510 cm³/mol. The number of sulfonamides is 2. The number of nitro groups is 2. The number of aromatic amines is 2. The summed E-state index contributed by atoms with van der Waals surface area (Å²) in [6, 6.07) is 39.1. The Morgan fingerprint density at radius 3 is 1.33 bits per heavy atom. The Balaban J connectivity index is 0.000000181. The molecule has 4 fully saturated rings. The zero-order valence-electron chi connectivity index (χ0n) is 73.3. The topological polar surface area (TPSA) is 311 Å². The van der Waals surface area contributed by atoms with E-state index in [1.54, 1.807) is 67.3 Å². The number of nitro benzene ring substituents is 2. The zero-order chi connectivity index (χ0) is 90.0. The number of allylic oxidation sites excluding steroid dienone is 2. The van der Waals surface area contributed by atoms with E-state index in [0.29, 0.717) is 62.3 Å². The van der Waals surface area contributed by atoms with E-state index in [1.165, 1.54) is 75.5 Å². The highest BCUT2D eigenvalue weighted by molar-refractivity contribution is 7.99. The molecule has 4 aromatic heterocycles. The SMILES string of the molecule is CC1(C)CCC(CN2CCN(c3ccc(C(=O)NS(=O)(=O)c4cc5c(c([N+](=O)[O-])c4)C[C@@H](CN4CCCCC4)CS5)c(Oc4cnc5[nH]ccc5c4)c3)CC2)=C(c2ccc(Cl)cc2)C1.CN1CCN(C[C@H]2CSc3cc(S(=O)(=O)NC(=O)c4ccc(N5CCN(CC6=C(c7ccc(Cl)cc7)CC(C)(C)CC6)CC5)cc4Oc4cnc5[nH]ccc5c4)cc([N+](=O)[O-])c3C2)CC1. The van der Waals surface area contributed by atoms with Gasteiger partial charge in [0.15, 0.2) is 0 Å². The summed E-state index contributed by atoms with van der Waals surface area (Å²) < 4.78 is 73.1. The van der Waals surface area contributed by atoms with Crippen molar-refractivity contribution in [3.8, 4) is 23.0 Å². The van der Waals surface area contributed by atoms with Gasteiger partial charge < -0.3 is 43.9 Å². The lowest BCUT2D eigenvalue weighted by Crippen LogP contribution is -2.47. The minimum atomic E-state index is -4.56. The molecule has 0 saturated carbocycles. The van der Waals surface area contributed by atoms with Crippen LogP contribution in [0.1, 0.15) is 128 Å². The van der Waals surface area contributed by atoms with Crippen molar-refractivity contribution >= 4 is 135 Å². The maximum Gasteiger partial charge on any atom is 0.275 e.